The van der Waals surface area contributed by atoms with E-state index in [4.69, 9.17) is 5.14 Å². The van der Waals surface area contributed by atoms with Gasteiger partial charge in [0.05, 0.1) is 11.4 Å². The van der Waals surface area contributed by atoms with E-state index < -0.39 is 20.0 Å². The van der Waals surface area contributed by atoms with Gasteiger partial charge in [-0.05, 0) is 31.4 Å². The quantitative estimate of drug-likeness (QED) is 0.588. The Kier molecular flexibility index (Phi) is 4.87. The number of para-hydroxylation sites is 1. The molecule has 1 aliphatic rings. The number of sulfonamides is 2. The first-order chi connectivity index (χ1) is 9.78. The summed E-state index contributed by atoms with van der Waals surface area (Å²) in [5.74, 6) is -0.144. The number of nitrogens with one attached hydrogen (secondary N) is 2. The van der Waals surface area contributed by atoms with E-state index in [1.165, 1.54) is 6.07 Å². The smallest absolute Gasteiger partial charge is 0.242 e. The normalized spacial score (nSPS) is 15.9. The van der Waals surface area contributed by atoms with E-state index >= 15 is 0 Å². The summed E-state index contributed by atoms with van der Waals surface area (Å²) in [6.07, 6.45) is 2.04. The van der Waals surface area contributed by atoms with Crippen LogP contribution < -0.4 is 15.2 Å². The summed E-state index contributed by atoms with van der Waals surface area (Å²) in [7, 11) is -7.04. The lowest BCUT2D eigenvalue weighted by atomic mass is 10.3. The molecular formula is C12H19N3O4S2. The topological polar surface area (TPSA) is 118 Å². The number of nitrogens with two attached hydrogens (primary N) is 1. The van der Waals surface area contributed by atoms with Gasteiger partial charge in [-0.25, -0.2) is 26.7 Å². The monoisotopic (exact) mass is 333 g/mol. The molecule has 1 aliphatic carbocycles. The predicted octanol–water partition coefficient (Wildman–Crippen LogP) is 0.218. The lowest BCUT2D eigenvalue weighted by Crippen LogP contribution is -2.26. The molecule has 0 unspecified atom stereocenters. The van der Waals surface area contributed by atoms with Crippen molar-refractivity contribution in [1.29, 1.82) is 0 Å². The number of hydrogen-bond donors (Lipinski definition) is 3. The molecule has 9 heteroatoms. The Hall–Kier alpha value is -1.16. The molecule has 0 atom stereocenters. The van der Waals surface area contributed by atoms with Gasteiger partial charge in [0.1, 0.15) is 4.90 Å². The molecule has 1 saturated carbocycles. The number of hydrogen-bond acceptors (Lipinski definition) is 5. The number of rotatable bonds is 8. The van der Waals surface area contributed by atoms with E-state index in [0.29, 0.717) is 18.7 Å². The summed E-state index contributed by atoms with van der Waals surface area (Å²) in [5, 5.41) is 7.86. The van der Waals surface area contributed by atoms with Crippen molar-refractivity contribution in [2.75, 3.05) is 17.6 Å². The molecule has 21 heavy (non-hydrogen) atoms. The highest BCUT2D eigenvalue weighted by Crippen LogP contribution is 2.25. The zero-order valence-electron chi connectivity index (χ0n) is 11.4. The maximum atomic E-state index is 12.2. The molecule has 0 radical (unpaired) electrons. The minimum absolute atomic E-state index is 0.0328. The second-order valence-corrected chi connectivity index (χ2v) is 8.46. The molecule has 1 aromatic carbocycles. The van der Waals surface area contributed by atoms with Crippen LogP contribution in [0.15, 0.2) is 29.2 Å². The molecule has 2 rings (SSSR count). The van der Waals surface area contributed by atoms with E-state index in [-0.39, 0.29) is 16.7 Å². The summed E-state index contributed by atoms with van der Waals surface area (Å²) in [4.78, 5) is 0.174. The highest BCUT2D eigenvalue weighted by Gasteiger charge is 2.29. The third kappa shape index (κ3) is 5.27. The Balaban J connectivity index is 2.03. The van der Waals surface area contributed by atoms with Crippen LogP contribution in [0, 0.1) is 0 Å². The molecular weight excluding hydrogens is 314 g/mol. The summed E-state index contributed by atoms with van der Waals surface area (Å²) in [6.45, 7) is 0.326. The zero-order valence-corrected chi connectivity index (χ0v) is 13.1. The van der Waals surface area contributed by atoms with Crippen LogP contribution in [0.4, 0.5) is 5.69 Å². The Morgan fingerprint density at radius 2 is 1.81 bits per heavy atom. The predicted molar refractivity (Wildman–Crippen MR) is 80.9 cm³/mol. The van der Waals surface area contributed by atoms with Crippen molar-refractivity contribution >= 4 is 25.7 Å². The van der Waals surface area contributed by atoms with Gasteiger partial charge in [0.25, 0.3) is 0 Å². The average molecular weight is 333 g/mol. The average Bonchev–Trinajstić information content (AvgIpc) is 3.17. The van der Waals surface area contributed by atoms with Crippen molar-refractivity contribution in [2.45, 2.75) is 30.2 Å². The van der Waals surface area contributed by atoms with Crippen LogP contribution >= 0.6 is 0 Å². The van der Waals surface area contributed by atoms with Gasteiger partial charge in [0.2, 0.25) is 20.0 Å². The van der Waals surface area contributed by atoms with Crippen molar-refractivity contribution < 1.29 is 16.8 Å². The van der Waals surface area contributed by atoms with E-state index in [2.05, 4.69) is 10.0 Å². The maximum absolute atomic E-state index is 12.2. The number of anilines is 1. The summed E-state index contributed by atoms with van der Waals surface area (Å²) in [6, 6.07) is 6.57. The molecule has 0 aliphatic heterocycles. The van der Waals surface area contributed by atoms with E-state index in [1.54, 1.807) is 18.2 Å². The molecule has 0 bridgehead atoms. The standard InChI is InChI=1S/C12H19N3O4S2/c13-20(16,17)9-3-8-14-11-4-1-2-5-12(11)21(18,19)15-10-6-7-10/h1-2,4-5,10,14-15H,3,6-9H2,(H2,13,16,17). The van der Waals surface area contributed by atoms with Gasteiger partial charge in [-0.2, -0.15) is 0 Å². The fourth-order valence-corrected chi connectivity index (χ4v) is 3.86. The molecule has 0 aromatic heterocycles. The Bertz CT molecular complexity index is 697. The van der Waals surface area contributed by atoms with Crippen molar-refractivity contribution in [3.8, 4) is 0 Å². The Morgan fingerprint density at radius 3 is 2.43 bits per heavy atom. The largest absolute Gasteiger partial charge is 0.384 e. The third-order valence-corrected chi connectivity index (χ3v) is 5.43. The van der Waals surface area contributed by atoms with Crippen LogP contribution in [0.1, 0.15) is 19.3 Å². The molecule has 7 nitrogen and oxygen atoms in total. The molecule has 1 aromatic rings. The maximum Gasteiger partial charge on any atom is 0.242 e. The first-order valence-corrected chi connectivity index (χ1v) is 9.83. The van der Waals surface area contributed by atoms with Gasteiger partial charge in [0, 0.05) is 12.6 Å². The van der Waals surface area contributed by atoms with Crippen molar-refractivity contribution in [3.63, 3.8) is 0 Å². The fourth-order valence-electron chi connectivity index (χ4n) is 1.83. The van der Waals surface area contributed by atoms with Crippen molar-refractivity contribution in [3.05, 3.63) is 24.3 Å². The van der Waals surface area contributed by atoms with Gasteiger partial charge in [-0.1, -0.05) is 12.1 Å². The van der Waals surface area contributed by atoms with E-state index in [0.717, 1.165) is 12.8 Å². The first kappa shape index (κ1) is 16.2. The van der Waals surface area contributed by atoms with E-state index in [1.807, 2.05) is 0 Å². The summed E-state index contributed by atoms with van der Waals surface area (Å²) < 4.78 is 48.8. The van der Waals surface area contributed by atoms with Crippen LogP contribution in [0.3, 0.4) is 0 Å². The lowest BCUT2D eigenvalue weighted by molar-refractivity contribution is 0.581. The number of benzene rings is 1. The second kappa shape index (κ2) is 6.30. The van der Waals surface area contributed by atoms with Gasteiger partial charge >= 0.3 is 0 Å². The molecule has 4 N–H and O–H groups in total. The SMILES string of the molecule is NS(=O)(=O)CCCNc1ccccc1S(=O)(=O)NC1CC1. The van der Waals surface area contributed by atoms with E-state index in [9.17, 15) is 16.8 Å². The van der Waals surface area contributed by atoms with Gasteiger partial charge < -0.3 is 5.32 Å². The minimum atomic E-state index is -3.55. The molecule has 0 heterocycles. The van der Waals surface area contributed by atoms with Crippen LogP contribution in [-0.2, 0) is 20.0 Å². The number of primary sulfonamides is 1. The first-order valence-electron chi connectivity index (χ1n) is 6.64. The van der Waals surface area contributed by atoms with Crippen LogP contribution in [0.25, 0.3) is 0 Å². The highest BCUT2D eigenvalue weighted by molar-refractivity contribution is 7.89. The van der Waals surface area contributed by atoms with Crippen LogP contribution in [-0.4, -0.2) is 35.2 Å². The minimum Gasteiger partial charge on any atom is -0.384 e. The highest BCUT2D eigenvalue weighted by atomic mass is 32.2. The van der Waals surface area contributed by atoms with Gasteiger partial charge in [-0.15, -0.1) is 0 Å². The Morgan fingerprint density at radius 1 is 1.14 bits per heavy atom. The van der Waals surface area contributed by atoms with Crippen molar-refractivity contribution in [2.24, 2.45) is 5.14 Å². The Labute approximate surface area is 125 Å². The second-order valence-electron chi connectivity index (χ2n) is 5.04. The van der Waals surface area contributed by atoms with Gasteiger partial charge in [-0.3, -0.25) is 0 Å². The molecule has 0 spiro atoms. The van der Waals surface area contributed by atoms with Crippen LogP contribution in [0.2, 0.25) is 0 Å². The summed E-state index contributed by atoms with van der Waals surface area (Å²) >= 11 is 0. The molecule has 0 saturated heterocycles. The molecule has 1 fully saturated rings. The third-order valence-electron chi connectivity index (χ3n) is 3.00. The summed E-state index contributed by atoms with van der Waals surface area (Å²) in [5.41, 5.74) is 0.458. The molecule has 118 valence electrons. The fraction of sp³-hybridized carbons (Fsp3) is 0.500. The molecule has 0 amide bonds. The van der Waals surface area contributed by atoms with Crippen molar-refractivity contribution in [1.82, 2.24) is 4.72 Å². The zero-order chi connectivity index (χ0) is 15.5. The van der Waals surface area contributed by atoms with Crippen LogP contribution in [0.5, 0.6) is 0 Å². The van der Waals surface area contributed by atoms with Gasteiger partial charge in [0.15, 0.2) is 0 Å². The lowest BCUT2D eigenvalue weighted by Gasteiger charge is -2.12.